The Kier molecular flexibility index (Phi) is 6.19. The van der Waals surface area contributed by atoms with Crippen LogP contribution in [0.15, 0.2) is 29.2 Å². The molecule has 0 bridgehead atoms. The number of carbonyl (C=O) groups excluding carboxylic acids is 1. The highest BCUT2D eigenvalue weighted by Gasteiger charge is 2.43. The molecule has 1 fully saturated rings. The Morgan fingerprint density at radius 2 is 2.00 bits per heavy atom. The van der Waals surface area contributed by atoms with Gasteiger partial charge >= 0.3 is 5.97 Å². The van der Waals surface area contributed by atoms with E-state index in [2.05, 4.69) is 17.6 Å². The van der Waals surface area contributed by atoms with E-state index in [1.807, 2.05) is 6.07 Å². The molecule has 166 valence electrons. The minimum atomic E-state index is -0.555. The largest absolute Gasteiger partial charge is 0.496 e. The molecule has 0 unspecified atom stereocenters. The van der Waals surface area contributed by atoms with Crippen LogP contribution in [0.4, 0.5) is 0 Å². The van der Waals surface area contributed by atoms with E-state index in [9.17, 15) is 9.59 Å². The van der Waals surface area contributed by atoms with Crippen molar-refractivity contribution in [3.05, 3.63) is 51.3 Å². The van der Waals surface area contributed by atoms with Crippen LogP contribution in [0, 0.1) is 0 Å². The van der Waals surface area contributed by atoms with Gasteiger partial charge in [-0.05, 0) is 56.7 Å². The number of esters is 1. The van der Waals surface area contributed by atoms with E-state index in [1.165, 1.54) is 5.56 Å². The average molecular weight is 426 g/mol. The number of hydrogen-bond acceptors (Lipinski definition) is 5. The molecule has 0 amide bonds. The summed E-state index contributed by atoms with van der Waals surface area (Å²) in [6.45, 7) is 5.38. The SMILES string of the molecule is CCCCOCc1cc2c(cc1OC)-c1cc(=O)c(C(=O)OCC)cn1C1(CCC1)C2. The van der Waals surface area contributed by atoms with E-state index in [0.717, 1.165) is 67.7 Å². The van der Waals surface area contributed by atoms with Gasteiger partial charge in [-0.1, -0.05) is 13.3 Å². The molecular formula is C25H31NO5. The fourth-order valence-corrected chi connectivity index (χ4v) is 4.73. The Bertz CT molecular complexity index is 1030. The van der Waals surface area contributed by atoms with Crippen LogP contribution >= 0.6 is 0 Å². The summed E-state index contributed by atoms with van der Waals surface area (Å²) in [4.78, 5) is 25.1. The van der Waals surface area contributed by atoms with E-state index in [-0.39, 0.29) is 23.1 Å². The molecule has 0 radical (unpaired) electrons. The van der Waals surface area contributed by atoms with Crippen LogP contribution in [-0.4, -0.2) is 30.9 Å². The lowest BCUT2D eigenvalue weighted by Gasteiger charge is -2.49. The Labute approximate surface area is 183 Å². The zero-order chi connectivity index (χ0) is 22.0. The zero-order valence-corrected chi connectivity index (χ0v) is 18.7. The monoisotopic (exact) mass is 425 g/mol. The van der Waals surface area contributed by atoms with Crippen molar-refractivity contribution in [1.29, 1.82) is 0 Å². The lowest BCUT2D eigenvalue weighted by atomic mass is 9.69. The normalized spacial score (nSPS) is 15.7. The first-order valence-corrected chi connectivity index (χ1v) is 11.2. The number of aromatic nitrogens is 1. The summed E-state index contributed by atoms with van der Waals surface area (Å²) >= 11 is 0. The van der Waals surface area contributed by atoms with Gasteiger partial charge in [0, 0.05) is 35.5 Å². The second kappa shape index (κ2) is 8.87. The maximum absolute atomic E-state index is 12.8. The molecule has 1 aliphatic carbocycles. The average Bonchev–Trinajstić information content (AvgIpc) is 2.74. The van der Waals surface area contributed by atoms with Crippen molar-refractivity contribution in [2.75, 3.05) is 20.3 Å². The van der Waals surface area contributed by atoms with Crippen molar-refractivity contribution in [3.8, 4) is 17.0 Å². The number of unbranched alkanes of at least 4 members (excludes halogenated alkanes) is 1. The van der Waals surface area contributed by atoms with Gasteiger partial charge in [0.25, 0.3) is 0 Å². The summed E-state index contributed by atoms with van der Waals surface area (Å²) in [6, 6.07) is 5.77. The quantitative estimate of drug-likeness (QED) is 0.462. The number of fused-ring (bicyclic) bond motifs is 4. The number of benzene rings is 1. The van der Waals surface area contributed by atoms with E-state index in [1.54, 1.807) is 26.3 Å². The van der Waals surface area contributed by atoms with Crippen molar-refractivity contribution < 1.29 is 19.0 Å². The van der Waals surface area contributed by atoms with Crippen molar-refractivity contribution in [2.45, 2.75) is 64.5 Å². The predicted molar refractivity (Wildman–Crippen MR) is 119 cm³/mol. The van der Waals surface area contributed by atoms with Crippen molar-refractivity contribution in [1.82, 2.24) is 4.57 Å². The number of pyridine rings is 1. The predicted octanol–water partition coefficient (Wildman–Crippen LogP) is 4.45. The molecular weight excluding hydrogens is 394 g/mol. The van der Waals surface area contributed by atoms with Gasteiger partial charge in [-0.25, -0.2) is 4.79 Å². The maximum Gasteiger partial charge on any atom is 0.343 e. The Balaban J connectivity index is 1.79. The number of hydrogen-bond donors (Lipinski definition) is 0. The smallest absolute Gasteiger partial charge is 0.343 e. The van der Waals surface area contributed by atoms with Crippen LogP contribution in [0.1, 0.15) is 67.4 Å². The first-order chi connectivity index (χ1) is 15.0. The van der Waals surface area contributed by atoms with Crippen LogP contribution < -0.4 is 10.2 Å². The summed E-state index contributed by atoms with van der Waals surface area (Å²) in [7, 11) is 1.66. The second-order valence-corrected chi connectivity index (χ2v) is 8.51. The molecule has 4 rings (SSSR count). The van der Waals surface area contributed by atoms with Crippen molar-refractivity contribution in [2.24, 2.45) is 0 Å². The van der Waals surface area contributed by atoms with E-state index in [4.69, 9.17) is 14.2 Å². The highest BCUT2D eigenvalue weighted by atomic mass is 16.5. The molecule has 6 nitrogen and oxygen atoms in total. The van der Waals surface area contributed by atoms with Gasteiger partial charge < -0.3 is 18.8 Å². The third kappa shape index (κ3) is 3.89. The number of rotatable bonds is 8. The fourth-order valence-electron chi connectivity index (χ4n) is 4.73. The van der Waals surface area contributed by atoms with Gasteiger partial charge in [-0.2, -0.15) is 0 Å². The molecule has 1 saturated carbocycles. The lowest BCUT2D eigenvalue weighted by Crippen LogP contribution is -2.46. The molecule has 0 atom stereocenters. The summed E-state index contributed by atoms with van der Waals surface area (Å²) in [6.07, 6.45) is 7.91. The highest BCUT2D eigenvalue weighted by Crippen LogP contribution is 2.49. The third-order valence-corrected chi connectivity index (χ3v) is 6.54. The van der Waals surface area contributed by atoms with Gasteiger partial charge in [0.15, 0.2) is 5.43 Å². The molecule has 31 heavy (non-hydrogen) atoms. The Morgan fingerprint density at radius 3 is 2.65 bits per heavy atom. The molecule has 0 saturated heterocycles. The molecule has 1 aromatic carbocycles. The topological polar surface area (TPSA) is 66.8 Å². The number of carbonyl (C=O) groups is 1. The standard InChI is InChI=1S/C25H31NO5/c1-4-6-10-30-16-18-11-17-14-25(8-7-9-25)26-15-20(24(28)31-5-2)22(27)13-21(26)19(17)12-23(18)29-3/h11-13,15H,4-10,14,16H2,1-3H3. The number of methoxy groups -OCH3 is 1. The van der Waals surface area contributed by atoms with E-state index >= 15 is 0 Å². The molecule has 1 aromatic heterocycles. The summed E-state index contributed by atoms with van der Waals surface area (Å²) < 4.78 is 18.8. The molecule has 0 N–H and O–H groups in total. The van der Waals surface area contributed by atoms with Gasteiger partial charge in [0.1, 0.15) is 11.3 Å². The van der Waals surface area contributed by atoms with E-state index in [0.29, 0.717) is 6.61 Å². The summed E-state index contributed by atoms with van der Waals surface area (Å²) in [5.74, 6) is 0.202. The number of nitrogens with zero attached hydrogens (tertiary/aromatic N) is 1. The highest BCUT2D eigenvalue weighted by molar-refractivity contribution is 5.89. The number of ether oxygens (including phenoxy) is 3. The fraction of sp³-hybridized carbons (Fsp3) is 0.520. The summed E-state index contributed by atoms with van der Waals surface area (Å²) in [5, 5.41) is 0. The third-order valence-electron chi connectivity index (χ3n) is 6.54. The Morgan fingerprint density at radius 1 is 1.19 bits per heavy atom. The van der Waals surface area contributed by atoms with Crippen LogP contribution in [0.2, 0.25) is 0 Å². The van der Waals surface area contributed by atoms with Gasteiger partial charge in [0.05, 0.1) is 26.0 Å². The van der Waals surface area contributed by atoms with Crippen LogP contribution in [0.5, 0.6) is 5.75 Å². The van der Waals surface area contributed by atoms with Gasteiger partial charge in [-0.15, -0.1) is 0 Å². The van der Waals surface area contributed by atoms with E-state index < -0.39 is 5.97 Å². The first-order valence-electron chi connectivity index (χ1n) is 11.2. The molecule has 6 heteroatoms. The molecule has 2 aromatic rings. The van der Waals surface area contributed by atoms with Gasteiger partial charge in [0.2, 0.25) is 0 Å². The van der Waals surface area contributed by atoms with Crippen LogP contribution in [-0.2, 0) is 28.0 Å². The van der Waals surface area contributed by atoms with Crippen LogP contribution in [0.25, 0.3) is 11.3 Å². The first kappa shape index (κ1) is 21.6. The molecule has 1 aliphatic heterocycles. The molecule has 2 heterocycles. The Hall–Kier alpha value is -2.60. The van der Waals surface area contributed by atoms with Gasteiger partial charge in [-0.3, -0.25) is 4.79 Å². The second-order valence-electron chi connectivity index (χ2n) is 8.51. The molecule has 1 spiro atoms. The minimum Gasteiger partial charge on any atom is -0.496 e. The summed E-state index contributed by atoms with van der Waals surface area (Å²) in [5.41, 5.74) is 3.77. The maximum atomic E-state index is 12.8. The van der Waals surface area contributed by atoms with Crippen molar-refractivity contribution >= 4 is 5.97 Å². The van der Waals surface area contributed by atoms with Crippen molar-refractivity contribution in [3.63, 3.8) is 0 Å². The minimum absolute atomic E-state index is 0.0911. The van der Waals surface area contributed by atoms with Crippen LogP contribution in [0.3, 0.4) is 0 Å². The molecule has 2 aliphatic rings. The zero-order valence-electron chi connectivity index (χ0n) is 18.7. The lowest BCUT2D eigenvalue weighted by molar-refractivity contribution is 0.0521.